The second-order valence-corrected chi connectivity index (χ2v) is 5.06. The Balaban J connectivity index is 3.05. The highest BCUT2D eigenvalue weighted by Gasteiger charge is 2.38. The molecule has 1 atom stereocenters. The van der Waals surface area contributed by atoms with E-state index in [-0.39, 0.29) is 12.8 Å². The zero-order valence-electron chi connectivity index (χ0n) is 7.63. The van der Waals surface area contributed by atoms with Crippen molar-refractivity contribution in [3.8, 4) is 0 Å². The van der Waals surface area contributed by atoms with E-state index in [0.29, 0.717) is 10.7 Å². The first-order valence-electron chi connectivity index (χ1n) is 4.09. The van der Waals surface area contributed by atoms with Crippen molar-refractivity contribution in [3.05, 3.63) is 0 Å². The Morgan fingerprint density at radius 1 is 1.57 bits per heavy atom. The molecule has 1 unspecified atom stereocenters. The Kier molecular flexibility index (Phi) is 2.79. The molecule has 1 fully saturated rings. The molecule has 80 valence electrons. The summed E-state index contributed by atoms with van der Waals surface area (Å²) in [6.45, 7) is 0. The van der Waals surface area contributed by atoms with Gasteiger partial charge in [0.2, 0.25) is 15.9 Å². The van der Waals surface area contributed by atoms with E-state index in [1.165, 1.54) is 0 Å². The van der Waals surface area contributed by atoms with E-state index in [9.17, 15) is 18.0 Å². The summed E-state index contributed by atoms with van der Waals surface area (Å²) in [6, 6.07) is -1.23. The summed E-state index contributed by atoms with van der Waals surface area (Å²) in [4.78, 5) is 21.9. The number of carbonyl (C=O) groups is 2. The van der Waals surface area contributed by atoms with E-state index in [2.05, 4.69) is 0 Å². The van der Waals surface area contributed by atoms with Crippen molar-refractivity contribution in [2.45, 2.75) is 25.3 Å². The Morgan fingerprint density at radius 2 is 2.14 bits per heavy atom. The maximum absolute atomic E-state index is 11.2. The van der Waals surface area contributed by atoms with Crippen LogP contribution in [0.15, 0.2) is 0 Å². The number of hydrogen-bond acceptors (Lipinski definition) is 4. The summed E-state index contributed by atoms with van der Waals surface area (Å²) in [7, 11) is -3.77. The summed E-state index contributed by atoms with van der Waals surface area (Å²) in [5, 5.41) is 8.73. The van der Waals surface area contributed by atoms with Gasteiger partial charge in [0.15, 0.2) is 0 Å². The van der Waals surface area contributed by atoms with Crippen molar-refractivity contribution >= 4 is 21.9 Å². The fourth-order valence-electron chi connectivity index (χ4n) is 1.49. The number of piperidine rings is 1. The van der Waals surface area contributed by atoms with Crippen molar-refractivity contribution in [3.63, 3.8) is 0 Å². The molecule has 1 saturated heterocycles. The van der Waals surface area contributed by atoms with Gasteiger partial charge in [-0.15, -0.1) is 0 Å². The van der Waals surface area contributed by atoms with E-state index in [0.717, 1.165) is 6.26 Å². The summed E-state index contributed by atoms with van der Waals surface area (Å²) in [5.41, 5.74) is 0. The van der Waals surface area contributed by atoms with Crippen LogP contribution in [0.25, 0.3) is 0 Å². The van der Waals surface area contributed by atoms with Crippen LogP contribution in [0.1, 0.15) is 19.3 Å². The second-order valence-electron chi connectivity index (χ2n) is 3.20. The quantitative estimate of drug-likeness (QED) is 0.673. The van der Waals surface area contributed by atoms with Crippen molar-refractivity contribution in [1.29, 1.82) is 0 Å². The first-order chi connectivity index (χ1) is 6.34. The van der Waals surface area contributed by atoms with Crippen LogP contribution in [0.3, 0.4) is 0 Å². The Labute approximate surface area is 81.6 Å². The van der Waals surface area contributed by atoms with Crippen LogP contribution >= 0.6 is 0 Å². The smallest absolute Gasteiger partial charge is 0.327 e. The number of rotatable bonds is 2. The van der Waals surface area contributed by atoms with Crippen LogP contribution in [-0.4, -0.2) is 42.0 Å². The van der Waals surface area contributed by atoms with Crippen molar-refractivity contribution in [2.75, 3.05) is 6.26 Å². The van der Waals surface area contributed by atoms with Gasteiger partial charge in [-0.2, -0.15) is 0 Å². The van der Waals surface area contributed by atoms with Gasteiger partial charge in [0.25, 0.3) is 0 Å². The second kappa shape index (κ2) is 3.56. The number of hydrogen-bond donors (Lipinski definition) is 1. The maximum Gasteiger partial charge on any atom is 0.327 e. The number of carboxylic acids is 1. The lowest BCUT2D eigenvalue weighted by atomic mass is 10.0. The summed E-state index contributed by atoms with van der Waals surface area (Å²) in [5.74, 6) is -1.91. The molecule has 0 bridgehead atoms. The third-order valence-corrected chi connectivity index (χ3v) is 3.21. The standard InChI is InChI=1S/C7H11NO5S/c1-14(12,13)8-5(7(10)11)3-2-4-6(8)9/h5H,2-4H2,1H3,(H,10,11). The normalized spacial score (nSPS) is 23.6. The average molecular weight is 221 g/mol. The number of aliphatic carboxylic acids is 1. The molecule has 1 aliphatic rings. The van der Waals surface area contributed by atoms with Gasteiger partial charge in [-0.25, -0.2) is 17.5 Å². The summed E-state index contributed by atoms with van der Waals surface area (Å²) in [6.07, 6.45) is 1.54. The highest BCUT2D eigenvalue weighted by atomic mass is 32.2. The van der Waals surface area contributed by atoms with Gasteiger partial charge in [0.1, 0.15) is 6.04 Å². The molecular formula is C7H11NO5S. The molecule has 0 aromatic rings. The minimum absolute atomic E-state index is 0.0941. The van der Waals surface area contributed by atoms with Crippen LogP contribution in [0.2, 0.25) is 0 Å². The predicted octanol–water partition coefficient (Wildman–Crippen LogP) is -0.588. The fourth-order valence-corrected chi connectivity index (χ4v) is 2.61. The van der Waals surface area contributed by atoms with E-state index in [1.807, 2.05) is 0 Å². The number of carbonyl (C=O) groups excluding carboxylic acids is 1. The fraction of sp³-hybridized carbons (Fsp3) is 0.714. The molecule has 0 spiro atoms. The van der Waals surface area contributed by atoms with Gasteiger partial charge in [-0.05, 0) is 12.8 Å². The van der Waals surface area contributed by atoms with Gasteiger partial charge < -0.3 is 5.11 Å². The van der Waals surface area contributed by atoms with Crippen molar-refractivity contribution in [2.24, 2.45) is 0 Å². The van der Waals surface area contributed by atoms with Crippen LogP contribution in [0, 0.1) is 0 Å². The van der Waals surface area contributed by atoms with Crippen LogP contribution in [0.4, 0.5) is 0 Å². The molecular weight excluding hydrogens is 210 g/mol. The van der Waals surface area contributed by atoms with Gasteiger partial charge >= 0.3 is 5.97 Å². The molecule has 0 radical (unpaired) electrons. The third kappa shape index (κ3) is 2.03. The first-order valence-corrected chi connectivity index (χ1v) is 5.94. The zero-order chi connectivity index (χ0) is 10.9. The highest BCUT2D eigenvalue weighted by Crippen LogP contribution is 2.21. The molecule has 1 amide bonds. The molecule has 14 heavy (non-hydrogen) atoms. The van der Waals surface area contributed by atoms with Crippen LogP contribution < -0.4 is 0 Å². The summed E-state index contributed by atoms with van der Waals surface area (Å²) >= 11 is 0. The van der Waals surface area contributed by atoms with Gasteiger partial charge in [0, 0.05) is 6.42 Å². The third-order valence-electron chi connectivity index (χ3n) is 2.04. The van der Waals surface area contributed by atoms with E-state index >= 15 is 0 Å². The Bertz CT molecular complexity index is 360. The highest BCUT2D eigenvalue weighted by molar-refractivity contribution is 7.88. The number of sulfonamides is 1. The SMILES string of the molecule is CS(=O)(=O)N1C(=O)CCCC1C(=O)O. The maximum atomic E-state index is 11.2. The van der Waals surface area contributed by atoms with E-state index in [4.69, 9.17) is 5.11 Å². The topological polar surface area (TPSA) is 91.8 Å². The molecule has 0 saturated carbocycles. The lowest BCUT2D eigenvalue weighted by molar-refractivity contribution is -0.148. The van der Waals surface area contributed by atoms with Gasteiger partial charge in [-0.3, -0.25) is 4.79 Å². The predicted molar refractivity (Wildman–Crippen MR) is 47.0 cm³/mol. The molecule has 1 rings (SSSR count). The van der Waals surface area contributed by atoms with Crippen molar-refractivity contribution < 1.29 is 23.1 Å². The van der Waals surface area contributed by atoms with Gasteiger partial charge in [0.05, 0.1) is 6.26 Å². The summed E-state index contributed by atoms with van der Waals surface area (Å²) < 4.78 is 22.8. The Hall–Kier alpha value is -1.11. The number of carboxylic acid groups (broad SMARTS) is 1. The number of nitrogens with zero attached hydrogens (tertiary/aromatic N) is 1. The molecule has 7 heteroatoms. The van der Waals surface area contributed by atoms with Gasteiger partial charge in [-0.1, -0.05) is 0 Å². The molecule has 1 aliphatic heterocycles. The van der Waals surface area contributed by atoms with Crippen molar-refractivity contribution in [1.82, 2.24) is 4.31 Å². The lowest BCUT2D eigenvalue weighted by Crippen LogP contribution is -2.50. The zero-order valence-corrected chi connectivity index (χ0v) is 8.45. The molecule has 0 aromatic carbocycles. The van der Waals surface area contributed by atoms with E-state index < -0.39 is 27.9 Å². The lowest BCUT2D eigenvalue weighted by Gasteiger charge is -2.30. The largest absolute Gasteiger partial charge is 0.480 e. The Morgan fingerprint density at radius 3 is 2.50 bits per heavy atom. The minimum Gasteiger partial charge on any atom is -0.480 e. The first kappa shape index (κ1) is 11.0. The molecule has 0 aromatic heterocycles. The molecule has 0 aliphatic carbocycles. The monoisotopic (exact) mass is 221 g/mol. The van der Waals surface area contributed by atoms with Crippen LogP contribution in [0.5, 0.6) is 0 Å². The molecule has 1 N–H and O–H groups in total. The molecule has 1 heterocycles. The average Bonchev–Trinajstić information content (AvgIpc) is 2.01. The van der Waals surface area contributed by atoms with Crippen LogP contribution in [-0.2, 0) is 19.6 Å². The molecule has 6 nitrogen and oxygen atoms in total. The number of amides is 1. The minimum atomic E-state index is -3.77. The van der Waals surface area contributed by atoms with E-state index in [1.54, 1.807) is 0 Å².